The summed E-state index contributed by atoms with van der Waals surface area (Å²) in [7, 11) is 0. The molecule has 2 aromatic carbocycles. The lowest BCUT2D eigenvalue weighted by Crippen LogP contribution is -2.45. The van der Waals surface area contributed by atoms with Crippen LogP contribution in [-0.4, -0.2) is 23.0 Å². The summed E-state index contributed by atoms with van der Waals surface area (Å²) >= 11 is 0. The normalized spacial score (nSPS) is 12.9. The maximum absolute atomic E-state index is 12.3. The number of rotatable bonds is 8. The van der Waals surface area contributed by atoms with E-state index in [1.165, 1.54) is 0 Å². The van der Waals surface area contributed by atoms with Gasteiger partial charge in [0, 0.05) is 5.56 Å². The van der Waals surface area contributed by atoms with Gasteiger partial charge in [-0.05, 0) is 35.7 Å². The Morgan fingerprint density at radius 1 is 1.08 bits per heavy atom. The summed E-state index contributed by atoms with van der Waals surface area (Å²) < 4.78 is 5.68. The summed E-state index contributed by atoms with van der Waals surface area (Å²) in [5.41, 5.74) is 1.46. The summed E-state index contributed by atoms with van der Waals surface area (Å²) in [5, 5.41) is 11.8. The quantitative estimate of drug-likeness (QED) is 0.770. The molecule has 132 valence electrons. The molecule has 2 rings (SSSR count). The molecule has 0 spiro atoms. The zero-order chi connectivity index (χ0) is 18.2. The molecule has 0 aliphatic heterocycles. The van der Waals surface area contributed by atoms with Gasteiger partial charge in [0.15, 0.2) is 0 Å². The lowest BCUT2D eigenvalue weighted by molar-refractivity contribution is -0.140. The van der Waals surface area contributed by atoms with Crippen molar-refractivity contribution in [2.24, 2.45) is 5.92 Å². The number of hydrogen-bond donors (Lipinski definition) is 2. The number of nitrogens with one attached hydrogen (secondary N) is 1. The number of benzene rings is 2. The van der Waals surface area contributed by atoms with Gasteiger partial charge in [-0.15, -0.1) is 0 Å². The van der Waals surface area contributed by atoms with E-state index >= 15 is 0 Å². The number of carboxylic acids is 1. The van der Waals surface area contributed by atoms with Crippen LogP contribution in [0.25, 0.3) is 0 Å². The molecular weight excluding hydrogens is 318 g/mol. The van der Waals surface area contributed by atoms with Crippen LogP contribution in [0, 0.1) is 5.92 Å². The predicted octanol–water partition coefficient (Wildman–Crippen LogP) is 3.49. The molecule has 1 amide bonds. The van der Waals surface area contributed by atoms with E-state index in [2.05, 4.69) is 5.32 Å². The standard InChI is InChI=1S/C20H23NO4/c1-3-14(2)18(20(23)24)21-19(22)16-9-11-17(12-10-16)25-13-15-7-5-4-6-8-15/h4-12,14,18H,3,13H2,1-2H3,(H,21,22)(H,23,24). The van der Waals surface area contributed by atoms with Crippen molar-refractivity contribution in [3.63, 3.8) is 0 Å². The Morgan fingerprint density at radius 2 is 1.72 bits per heavy atom. The summed E-state index contributed by atoms with van der Waals surface area (Å²) in [5.74, 6) is -0.917. The number of carboxylic acid groups (broad SMARTS) is 1. The van der Waals surface area contributed by atoms with E-state index in [0.717, 1.165) is 5.56 Å². The largest absolute Gasteiger partial charge is 0.489 e. The number of ether oxygens (including phenoxy) is 1. The van der Waals surface area contributed by atoms with Gasteiger partial charge in [0.05, 0.1) is 0 Å². The van der Waals surface area contributed by atoms with Crippen LogP contribution >= 0.6 is 0 Å². The summed E-state index contributed by atoms with van der Waals surface area (Å²) in [6.07, 6.45) is 0.670. The maximum atomic E-state index is 12.3. The molecule has 0 radical (unpaired) electrons. The molecule has 0 bridgehead atoms. The first-order valence-electron chi connectivity index (χ1n) is 8.31. The highest BCUT2D eigenvalue weighted by Crippen LogP contribution is 2.15. The van der Waals surface area contributed by atoms with Crippen molar-refractivity contribution in [3.8, 4) is 5.75 Å². The van der Waals surface area contributed by atoms with Crippen molar-refractivity contribution in [2.45, 2.75) is 32.9 Å². The van der Waals surface area contributed by atoms with Gasteiger partial charge in [-0.25, -0.2) is 4.79 Å². The van der Waals surface area contributed by atoms with Crippen LogP contribution in [0.3, 0.4) is 0 Å². The Balaban J connectivity index is 1.96. The third-order valence-electron chi connectivity index (χ3n) is 4.13. The molecule has 0 fully saturated rings. The average Bonchev–Trinajstić information content (AvgIpc) is 2.64. The van der Waals surface area contributed by atoms with Crippen molar-refractivity contribution in [1.29, 1.82) is 0 Å². The molecule has 0 saturated heterocycles. The second-order valence-corrected chi connectivity index (χ2v) is 5.97. The van der Waals surface area contributed by atoms with Gasteiger partial charge < -0.3 is 15.2 Å². The lowest BCUT2D eigenvalue weighted by Gasteiger charge is -2.20. The van der Waals surface area contributed by atoms with Gasteiger partial charge in [0.2, 0.25) is 0 Å². The van der Waals surface area contributed by atoms with E-state index in [9.17, 15) is 14.7 Å². The minimum atomic E-state index is -1.02. The molecule has 2 unspecified atom stereocenters. The van der Waals surface area contributed by atoms with Crippen LogP contribution in [0.4, 0.5) is 0 Å². The van der Waals surface area contributed by atoms with Crippen molar-refractivity contribution < 1.29 is 19.4 Å². The van der Waals surface area contributed by atoms with Gasteiger partial charge in [-0.2, -0.15) is 0 Å². The first-order valence-corrected chi connectivity index (χ1v) is 8.31. The maximum Gasteiger partial charge on any atom is 0.326 e. The minimum Gasteiger partial charge on any atom is -0.489 e. The van der Waals surface area contributed by atoms with Gasteiger partial charge in [-0.1, -0.05) is 50.6 Å². The first kappa shape index (κ1) is 18.5. The van der Waals surface area contributed by atoms with Crippen molar-refractivity contribution in [2.75, 3.05) is 0 Å². The predicted molar refractivity (Wildman–Crippen MR) is 95.6 cm³/mol. The molecule has 0 aliphatic carbocycles. The van der Waals surface area contributed by atoms with Crippen LogP contribution in [0.15, 0.2) is 54.6 Å². The van der Waals surface area contributed by atoms with Gasteiger partial charge in [-0.3, -0.25) is 4.79 Å². The van der Waals surface area contributed by atoms with Crippen LogP contribution in [0.2, 0.25) is 0 Å². The fourth-order valence-electron chi connectivity index (χ4n) is 2.35. The van der Waals surface area contributed by atoms with E-state index in [0.29, 0.717) is 24.3 Å². The van der Waals surface area contributed by atoms with E-state index in [1.807, 2.05) is 37.3 Å². The zero-order valence-corrected chi connectivity index (χ0v) is 14.4. The molecule has 2 aromatic rings. The Kier molecular flexibility index (Phi) is 6.57. The van der Waals surface area contributed by atoms with Gasteiger partial charge in [0.1, 0.15) is 18.4 Å². The van der Waals surface area contributed by atoms with Gasteiger partial charge in [0.25, 0.3) is 5.91 Å². The van der Waals surface area contributed by atoms with E-state index in [4.69, 9.17) is 4.74 Å². The molecule has 25 heavy (non-hydrogen) atoms. The van der Waals surface area contributed by atoms with Crippen LogP contribution in [-0.2, 0) is 11.4 Å². The number of carbonyl (C=O) groups excluding carboxylic acids is 1. The fraction of sp³-hybridized carbons (Fsp3) is 0.300. The second kappa shape index (κ2) is 8.87. The number of carbonyl (C=O) groups is 2. The summed E-state index contributed by atoms with van der Waals surface area (Å²) in [6.45, 7) is 4.15. The Bertz CT molecular complexity index is 697. The minimum absolute atomic E-state index is 0.144. The highest BCUT2D eigenvalue weighted by molar-refractivity contribution is 5.96. The Hall–Kier alpha value is -2.82. The van der Waals surface area contributed by atoms with Crippen LogP contribution in [0.5, 0.6) is 5.75 Å². The SMILES string of the molecule is CCC(C)C(NC(=O)c1ccc(OCc2ccccc2)cc1)C(=O)O. The third-order valence-corrected chi connectivity index (χ3v) is 4.13. The van der Waals surface area contributed by atoms with Crippen molar-refractivity contribution in [1.82, 2.24) is 5.32 Å². The molecule has 2 N–H and O–H groups in total. The highest BCUT2D eigenvalue weighted by Gasteiger charge is 2.25. The number of hydrogen-bond acceptors (Lipinski definition) is 3. The molecule has 0 aromatic heterocycles. The van der Waals surface area contributed by atoms with Gasteiger partial charge >= 0.3 is 5.97 Å². The Morgan fingerprint density at radius 3 is 2.28 bits per heavy atom. The average molecular weight is 341 g/mol. The summed E-state index contributed by atoms with van der Waals surface area (Å²) in [6, 6.07) is 15.6. The zero-order valence-electron chi connectivity index (χ0n) is 14.4. The van der Waals surface area contributed by atoms with E-state index < -0.39 is 17.9 Å². The van der Waals surface area contributed by atoms with Crippen molar-refractivity contribution >= 4 is 11.9 Å². The first-order chi connectivity index (χ1) is 12.0. The molecule has 0 aliphatic rings. The topological polar surface area (TPSA) is 75.6 Å². The second-order valence-electron chi connectivity index (χ2n) is 5.97. The smallest absolute Gasteiger partial charge is 0.326 e. The molecule has 0 saturated carbocycles. The van der Waals surface area contributed by atoms with E-state index in [1.54, 1.807) is 31.2 Å². The van der Waals surface area contributed by atoms with Crippen molar-refractivity contribution in [3.05, 3.63) is 65.7 Å². The Labute approximate surface area is 147 Å². The highest BCUT2D eigenvalue weighted by atomic mass is 16.5. The molecular formula is C20H23NO4. The van der Waals surface area contributed by atoms with Crippen LogP contribution in [0.1, 0.15) is 36.2 Å². The molecule has 2 atom stereocenters. The van der Waals surface area contributed by atoms with E-state index in [-0.39, 0.29) is 5.92 Å². The lowest BCUT2D eigenvalue weighted by atomic mass is 9.99. The molecule has 0 heterocycles. The summed E-state index contributed by atoms with van der Waals surface area (Å²) in [4.78, 5) is 23.6. The number of aliphatic carboxylic acids is 1. The monoisotopic (exact) mass is 341 g/mol. The fourth-order valence-corrected chi connectivity index (χ4v) is 2.35. The van der Waals surface area contributed by atoms with Crippen LogP contribution < -0.4 is 10.1 Å². The number of amides is 1. The molecule has 5 nitrogen and oxygen atoms in total. The molecule has 5 heteroatoms. The third kappa shape index (κ3) is 5.35.